The van der Waals surface area contributed by atoms with Gasteiger partial charge >= 0.3 is 6.03 Å². The van der Waals surface area contributed by atoms with Gasteiger partial charge in [-0.3, -0.25) is 9.59 Å². The van der Waals surface area contributed by atoms with E-state index in [1.165, 1.54) is 12.3 Å². The number of aromatic amines is 1. The zero-order valence-electron chi connectivity index (χ0n) is 17.4. The number of likely N-dealkylation sites (tertiary alicyclic amines) is 2. The quantitative estimate of drug-likeness (QED) is 0.836. The second kappa shape index (κ2) is 7.85. The third kappa shape index (κ3) is 3.53. The molecule has 8 heteroatoms. The lowest BCUT2D eigenvalue weighted by Crippen LogP contribution is -2.42. The number of rotatable bonds is 3. The van der Waals surface area contributed by atoms with Crippen molar-refractivity contribution in [1.29, 1.82) is 0 Å². The molecule has 0 radical (unpaired) electrons. The first-order valence-corrected chi connectivity index (χ1v) is 9.99. The van der Waals surface area contributed by atoms with Crippen molar-refractivity contribution in [2.45, 2.75) is 6.04 Å². The van der Waals surface area contributed by atoms with Crippen LogP contribution in [0, 0.1) is 11.8 Å². The molecule has 2 aliphatic heterocycles. The van der Waals surface area contributed by atoms with Crippen LogP contribution in [0.2, 0.25) is 0 Å². The van der Waals surface area contributed by atoms with E-state index in [1.807, 2.05) is 34.1 Å². The number of methoxy groups -OCH3 is 1. The Morgan fingerprint density at radius 1 is 1.07 bits per heavy atom. The molecule has 0 spiro atoms. The van der Waals surface area contributed by atoms with Crippen molar-refractivity contribution >= 4 is 11.9 Å². The molecule has 0 bridgehead atoms. The van der Waals surface area contributed by atoms with Gasteiger partial charge in [0, 0.05) is 57.8 Å². The van der Waals surface area contributed by atoms with E-state index in [-0.39, 0.29) is 35.4 Å². The predicted molar refractivity (Wildman–Crippen MR) is 111 cm³/mol. The minimum atomic E-state index is -0.234. The zero-order valence-corrected chi connectivity index (χ0v) is 17.4. The maximum atomic E-state index is 12.9. The molecule has 8 nitrogen and oxygen atoms in total. The predicted octanol–water partition coefficient (Wildman–Crippen LogP) is 1.81. The number of nitrogens with one attached hydrogen (secondary N) is 1. The van der Waals surface area contributed by atoms with Gasteiger partial charge in [-0.25, -0.2) is 4.79 Å². The van der Waals surface area contributed by atoms with Crippen LogP contribution in [0.3, 0.4) is 0 Å². The van der Waals surface area contributed by atoms with Crippen molar-refractivity contribution in [2.75, 3.05) is 40.8 Å². The largest absolute Gasteiger partial charge is 0.497 e. The Hall–Kier alpha value is -3.29. The number of carbonyl (C=O) groups excluding carboxylic acids is 2. The molecule has 30 heavy (non-hydrogen) atoms. The average molecular weight is 410 g/mol. The van der Waals surface area contributed by atoms with Gasteiger partial charge in [-0.2, -0.15) is 0 Å². The Morgan fingerprint density at radius 3 is 2.40 bits per heavy atom. The molecular weight excluding hydrogens is 384 g/mol. The van der Waals surface area contributed by atoms with E-state index in [0.29, 0.717) is 25.2 Å². The monoisotopic (exact) mass is 410 g/mol. The summed E-state index contributed by atoms with van der Waals surface area (Å²) in [5.41, 5.74) is 1.27. The van der Waals surface area contributed by atoms with Crippen LogP contribution in [-0.4, -0.2) is 72.5 Å². The maximum Gasteiger partial charge on any atom is 0.320 e. The van der Waals surface area contributed by atoms with E-state index in [4.69, 9.17) is 4.74 Å². The lowest BCUT2D eigenvalue weighted by Gasteiger charge is -2.32. The van der Waals surface area contributed by atoms with Crippen LogP contribution >= 0.6 is 0 Å². The number of nitrogens with zero attached hydrogens (tertiary/aromatic N) is 3. The van der Waals surface area contributed by atoms with Gasteiger partial charge in [0.1, 0.15) is 5.75 Å². The molecule has 0 saturated carbocycles. The molecule has 2 fully saturated rings. The van der Waals surface area contributed by atoms with Crippen molar-refractivity contribution < 1.29 is 14.3 Å². The summed E-state index contributed by atoms with van der Waals surface area (Å²) in [6.45, 7) is 1.76. The third-order valence-electron chi connectivity index (χ3n) is 6.07. The van der Waals surface area contributed by atoms with E-state index in [1.54, 1.807) is 32.2 Å². The first-order chi connectivity index (χ1) is 14.4. The van der Waals surface area contributed by atoms with Crippen LogP contribution in [0.15, 0.2) is 47.4 Å². The van der Waals surface area contributed by atoms with E-state index >= 15 is 0 Å². The van der Waals surface area contributed by atoms with Gasteiger partial charge in [-0.1, -0.05) is 12.1 Å². The minimum Gasteiger partial charge on any atom is -0.497 e. The summed E-state index contributed by atoms with van der Waals surface area (Å²) in [5.74, 6) is 1.02. The summed E-state index contributed by atoms with van der Waals surface area (Å²) in [7, 11) is 5.14. The number of amides is 3. The number of benzene rings is 1. The third-order valence-corrected chi connectivity index (χ3v) is 6.07. The first-order valence-electron chi connectivity index (χ1n) is 9.99. The number of hydrogen-bond donors (Lipinski definition) is 1. The molecule has 4 rings (SSSR count). The highest BCUT2D eigenvalue weighted by Crippen LogP contribution is 2.45. The molecule has 2 saturated heterocycles. The number of carbonyl (C=O) groups is 2. The van der Waals surface area contributed by atoms with Crippen molar-refractivity contribution in [3.63, 3.8) is 0 Å². The van der Waals surface area contributed by atoms with Crippen LogP contribution < -0.4 is 10.3 Å². The molecule has 1 N–H and O–H groups in total. The summed E-state index contributed by atoms with van der Waals surface area (Å²) in [5, 5.41) is 0. The van der Waals surface area contributed by atoms with Crippen molar-refractivity contribution in [2.24, 2.45) is 11.8 Å². The molecule has 1 aromatic carbocycles. The highest BCUT2D eigenvalue weighted by Gasteiger charge is 2.50. The molecule has 3 atom stereocenters. The lowest BCUT2D eigenvalue weighted by atomic mass is 9.89. The number of pyridine rings is 1. The summed E-state index contributed by atoms with van der Waals surface area (Å²) in [4.78, 5) is 45.0. The van der Waals surface area contributed by atoms with E-state index in [9.17, 15) is 14.4 Å². The fourth-order valence-electron chi connectivity index (χ4n) is 4.62. The lowest BCUT2D eigenvalue weighted by molar-refractivity contribution is 0.0766. The van der Waals surface area contributed by atoms with E-state index in [2.05, 4.69) is 4.98 Å². The fraction of sp³-hybridized carbons (Fsp3) is 0.409. The average Bonchev–Trinajstić information content (AvgIpc) is 3.31. The molecule has 0 unspecified atom stereocenters. The van der Waals surface area contributed by atoms with E-state index in [0.717, 1.165) is 11.3 Å². The van der Waals surface area contributed by atoms with Gasteiger partial charge in [0.2, 0.25) is 5.56 Å². The molecule has 3 heterocycles. The van der Waals surface area contributed by atoms with Crippen LogP contribution in [-0.2, 0) is 0 Å². The Labute approximate surface area is 175 Å². The maximum absolute atomic E-state index is 12.9. The minimum absolute atomic E-state index is 0.0243. The van der Waals surface area contributed by atoms with Gasteiger partial charge < -0.3 is 24.4 Å². The Morgan fingerprint density at radius 2 is 1.80 bits per heavy atom. The number of aromatic nitrogens is 1. The molecule has 2 aromatic rings. The molecule has 158 valence electrons. The summed E-state index contributed by atoms with van der Waals surface area (Å²) in [6.07, 6.45) is 1.46. The van der Waals surface area contributed by atoms with Crippen LogP contribution in [0.25, 0.3) is 0 Å². The SMILES string of the molecule is COc1ccc([C@H]2[C@@H]3CN(C(=O)c4ccc(=O)[nH]c4)C[C@@H]3CN2C(=O)N(C)C)cc1. The molecule has 1 aromatic heterocycles. The van der Waals surface area contributed by atoms with Gasteiger partial charge in [0.25, 0.3) is 5.91 Å². The fourth-order valence-corrected chi connectivity index (χ4v) is 4.62. The van der Waals surface area contributed by atoms with Crippen molar-refractivity contribution in [3.05, 3.63) is 64.1 Å². The molecule has 2 aliphatic rings. The number of hydrogen-bond acceptors (Lipinski definition) is 4. The molecule has 3 amide bonds. The van der Waals surface area contributed by atoms with Gasteiger partial charge in [0.15, 0.2) is 0 Å². The first kappa shape index (κ1) is 20.0. The van der Waals surface area contributed by atoms with Crippen LogP contribution in [0.1, 0.15) is 22.0 Å². The smallest absolute Gasteiger partial charge is 0.320 e. The number of urea groups is 1. The second-order valence-corrected chi connectivity index (χ2v) is 8.12. The molecular formula is C22H26N4O4. The molecule has 0 aliphatic carbocycles. The standard InChI is InChI=1S/C22H26N4O4/c1-24(2)22(29)26-12-16-11-25(21(28)15-6-9-19(27)23-10-15)13-18(16)20(26)14-4-7-17(30-3)8-5-14/h4-10,16,18,20H,11-13H2,1-3H3,(H,23,27)/t16-,18-,20+/m1/s1. The number of H-pyrrole nitrogens is 1. The van der Waals surface area contributed by atoms with Crippen LogP contribution in [0.4, 0.5) is 4.79 Å². The van der Waals surface area contributed by atoms with Gasteiger partial charge in [-0.05, 0) is 23.8 Å². The van der Waals surface area contributed by atoms with Crippen molar-refractivity contribution in [1.82, 2.24) is 19.7 Å². The summed E-state index contributed by atoms with van der Waals surface area (Å²) >= 11 is 0. The Balaban J connectivity index is 1.60. The Kier molecular flexibility index (Phi) is 5.24. The number of ether oxygens (including phenoxy) is 1. The highest BCUT2D eigenvalue weighted by atomic mass is 16.5. The Bertz CT molecular complexity index is 980. The second-order valence-electron chi connectivity index (χ2n) is 8.12. The van der Waals surface area contributed by atoms with Crippen LogP contribution in [0.5, 0.6) is 5.75 Å². The number of fused-ring (bicyclic) bond motifs is 1. The topological polar surface area (TPSA) is 86.0 Å². The highest BCUT2D eigenvalue weighted by molar-refractivity contribution is 5.94. The normalized spacial score (nSPS) is 22.7. The van der Waals surface area contributed by atoms with Crippen molar-refractivity contribution in [3.8, 4) is 5.75 Å². The summed E-state index contributed by atoms with van der Waals surface area (Å²) in [6, 6.07) is 10.6. The van der Waals surface area contributed by atoms with Gasteiger partial charge in [-0.15, -0.1) is 0 Å². The zero-order chi connectivity index (χ0) is 21.4. The summed E-state index contributed by atoms with van der Waals surface area (Å²) < 4.78 is 5.27. The van der Waals surface area contributed by atoms with Gasteiger partial charge in [0.05, 0.1) is 18.7 Å². The van der Waals surface area contributed by atoms with E-state index < -0.39 is 0 Å².